The Bertz CT molecular complexity index is 4160. The molecular formula is C74H94Cl3FN15O11P. The van der Waals surface area contributed by atoms with E-state index in [2.05, 4.69) is 86.6 Å². The number of ketones is 1. The van der Waals surface area contributed by atoms with Gasteiger partial charge in [0, 0.05) is 49.3 Å². The topological polar surface area (TPSA) is 416 Å². The van der Waals surface area contributed by atoms with E-state index in [4.69, 9.17) is 48.2 Å². The number of nitrogens with zero attached hydrogens (tertiary/aromatic N) is 11. The van der Waals surface area contributed by atoms with E-state index < -0.39 is 36.1 Å². The number of carbonyl (C=O) groups is 5. The first kappa shape index (κ1) is 89.2. The van der Waals surface area contributed by atoms with E-state index in [1.807, 2.05) is 148 Å². The van der Waals surface area contributed by atoms with E-state index in [1.54, 1.807) is 82.9 Å². The molecule has 0 spiro atoms. The van der Waals surface area contributed by atoms with Crippen LogP contribution in [0.2, 0.25) is 0 Å². The molecule has 4 aromatic carbocycles. The maximum absolute atomic E-state index is 12.5. The Balaban J connectivity index is 0.000000681. The van der Waals surface area contributed by atoms with Crippen molar-refractivity contribution in [1.82, 2.24) is 39.5 Å². The highest BCUT2D eigenvalue weighted by Gasteiger charge is 2.24. The summed E-state index contributed by atoms with van der Waals surface area (Å²) in [7, 11) is -1.00. The number of nitriles is 3. The van der Waals surface area contributed by atoms with E-state index in [9.17, 15) is 38.2 Å². The van der Waals surface area contributed by atoms with Crippen molar-refractivity contribution in [2.24, 2.45) is 52.9 Å². The van der Waals surface area contributed by atoms with Crippen LogP contribution in [-0.4, -0.2) is 111 Å². The third-order valence-corrected chi connectivity index (χ3v) is 14.9. The molecule has 31 heteroatoms. The molecule has 26 nitrogen and oxygen atoms in total. The largest absolute Gasteiger partial charge is 0.478 e. The maximum Gasteiger partial charge on any atom is 0.339 e. The van der Waals surface area contributed by atoms with Gasteiger partial charge in [-0.25, -0.2) is 24.7 Å². The third kappa shape index (κ3) is 36.3. The van der Waals surface area contributed by atoms with Crippen LogP contribution in [0.4, 0.5) is 27.7 Å². The van der Waals surface area contributed by atoms with E-state index in [1.165, 1.54) is 0 Å². The molecule has 9 N–H and O–H groups in total. The molecule has 0 fully saturated rings. The number of carbonyl (C=O) groups excluding carboxylic acids is 4. The van der Waals surface area contributed by atoms with Crippen molar-refractivity contribution in [2.75, 3.05) is 31.0 Å². The van der Waals surface area contributed by atoms with Crippen LogP contribution in [0.15, 0.2) is 146 Å². The van der Waals surface area contributed by atoms with Crippen molar-refractivity contribution in [3.8, 4) is 40.7 Å². The second-order valence-corrected chi connectivity index (χ2v) is 31.1. The van der Waals surface area contributed by atoms with Gasteiger partial charge in [0.1, 0.15) is 13.2 Å². The maximum atomic E-state index is 12.5. The molecule has 0 bridgehead atoms. The van der Waals surface area contributed by atoms with Crippen LogP contribution < -0.4 is 22.1 Å². The van der Waals surface area contributed by atoms with Crippen molar-refractivity contribution in [3.05, 3.63) is 180 Å². The van der Waals surface area contributed by atoms with Crippen molar-refractivity contribution in [1.29, 1.82) is 15.8 Å². The second-order valence-electron chi connectivity index (χ2n) is 24.4. The standard InChI is InChI=1S/C23H26N6O2.C17H17N5O3.C14H19NO3.C14H17NO2.C5H10N2.CH3F.Cl3OP.H2/c1-15(2)19(11-24)10-21(31)17-4-6-18(7-5-17)22-16(3)12-25-23(28-22)27-20-13-26-29(14-20)8-9-30;1-11-8-18-17(20-14-9-19-22(10-14)6-7-23)21-15(11)12-2-4-13(5-3-12)16(24)25;1-10(2)12(14(15)17)8-13(16)18-9-11-6-4-3-5-7-11;1-11(2)13(9-15)8-14(16)17-10-12-6-4-3-5-7-12;1-4(2)5(7)3-6;1-2;1-5(2,3)4;/h4-7,12-15,19,30H,8-10H2,1-3H3,(H,25,27,28);2-5,8-10,23H,6-7H2,1H3,(H,24,25)(H,18,20,21);3-7,10,12H,8-9H2,1-2H3,(H2,15,17);3-7,11,13H,8,10H2,1-2H3;4-5H,7H2,1-2H3;1H3;;1H/t19-;;12-;13-;5-;;;/m1.011.../s1/i;;;;;1D;;. The molecule has 4 aromatic heterocycles. The highest BCUT2D eigenvalue weighted by molar-refractivity contribution is 8.24. The van der Waals surface area contributed by atoms with Crippen molar-refractivity contribution >= 4 is 91.8 Å². The molecule has 0 unspecified atom stereocenters. The number of carboxylic acids is 1. The van der Waals surface area contributed by atoms with Gasteiger partial charge in [0.15, 0.2) is 5.78 Å². The Morgan fingerprint density at radius 3 is 1.31 bits per heavy atom. The van der Waals surface area contributed by atoms with E-state index in [0.29, 0.717) is 36.2 Å². The lowest BCUT2D eigenvalue weighted by molar-refractivity contribution is -0.148. The molecule has 0 saturated carbocycles. The predicted molar refractivity (Wildman–Crippen MR) is 405 cm³/mol. The fourth-order valence-electron chi connectivity index (χ4n) is 8.68. The van der Waals surface area contributed by atoms with Crippen LogP contribution in [0.1, 0.15) is 120 Å². The zero-order valence-corrected chi connectivity index (χ0v) is 63.3. The minimum Gasteiger partial charge on any atom is -0.478 e. The quantitative estimate of drug-likeness (QED) is 0.0143. The molecule has 8 rings (SSSR count). The Labute approximate surface area is 629 Å². The third-order valence-electron chi connectivity index (χ3n) is 14.9. The number of aryl methyl sites for hydroxylation is 2. The van der Waals surface area contributed by atoms with Crippen LogP contribution >= 0.6 is 38.9 Å². The number of Topliss-reactive ketones (excluding diaryl/α,β-unsaturated/α-hetero) is 1. The molecule has 8 aromatic rings. The average Bonchev–Trinajstić information content (AvgIpc) is 1.45. The van der Waals surface area contributed by atoms with Gasteiger partial charge >= 0.3 is 23.1 Å². The predicted octanol–water partition coefficient (Wildman–Crippen LogP) is 14.8. The first-order chi connectivity index (χ1) is 50.2. The lowest BCUT2D eigenvalue weighted by Gasteiger charge is -2.16. The Hall–Kier alpha value is -10.0. The number of aromatic nitrogens is 8. The number of esters is 2. The van der Waals surface area contributed by atoms with Gasteiger partial charge in [-0.15, -0.1) is 0 Å². The molecule has 105 heavy (non-hydrogen) atoms. The van der Waals surface area contributed by atoms with Crippen LogP contribution in [-0.2, 0) is 54.7 Å². The molecule has 564 valence electrons. The van der Waals surface area contributed by atoms with Crippen LogP contribution in [0.5, 0.6) is 0 Å². The second kappa shape index (κ2) is 48.8. The summed E-state index contributed by atoms with van der Waals surface area (Å²) in [5.41, 5.74) is 19.6. The van der Waals surface area contributed by atoms with Gasteiger partial charge in [-0.3, -0.25) is 37.5 Å². The number of aliphatic hydroxyl groups excluding tert-OH is 2. The summed E-state index contributed by atoms with van der Waals surface area (Å²) < 4.78 is 38.5. The fourth-order valence-corrected chi connectivity index (χ4v) is 8.68. The number of hydrogen-bond acceptors (Lipinski definition) is 22. The zero-order valence-electron chi connectivity index (χ0n) is 61.2. The molecule has 0 saturated heterocycles. The molecule has 0 aliphatic heterocycles. The van der Waals surface area contributed by atoms with Gasteiger partial charge in [-0.05, 0) is 106 Å². The number of nitrogens with two attached hydrogens (primary N) is 2. The molecule has 4 heterocycles. The zero-order chi connectivity index (χ0) is 79.5. The summed E-state index contributed by atoms with van der Waals surface area (Å²) >= 11 is 13.8. The minimum absolute atomic E-state index is 0. The molecule has 1 amide bonds. The number of aliphatic hydroxyl groups is 2. The number of ether oxygens (including phenoxy) is 2. The van der Waals surface area contributed by atoms with Gasteiger partial charge < -0.3 is 46.9 Å². The van der Waals surface area contributed by atoms with Crippen LogP contribution in [0.3, 0.4) is 0 Å². The van der Waals surface area contributed by atoms with Gasteiger partial charge in [-0.1, -0.05) is 152 Å². The number of carboxylic acid groups (broad SMARTS) is 1. The number of nitrogens with one attached hydrogen (secondary N) is 2. The Morgan fingerprint density at radius 1 is 0.610 bits per heavy atom. The fraction of sp³-hybridized carbons (Fsp3) is 0.378. The summed E-state index contributed by atoms with van der Waals surface area (Å²) in [6.07, 6.45) is 10.7. The number of primary amides is 1. The molecular weight excluding hydrogens is 1430 g/mol. The lowest BCUT2D eigenvalue weighted by Crippen LogP contribution is -2.30. The van der Waals surface area contributed by atoms with Crippen LogP contribution in [0, 0.1) is 89.3 Å². The average molecular weight is 1530 g/mol. The highest BCUT2D eigenvalue weighted by Crippen LogP contribution is 2.61. The summed E-state index contributed by atoms with van der Waals surface area (Å²) in [6, 6.07) is 38.7. The number of hydrogen-bond donors (Lipinski definition) is 7. The first-order valence-corrected chi connectivity index (χ1v) is 37.3. The van der Waals surface area contributed by atoms with Crippen molar-refractivity contribution in [2.45, 2.75) is 121 Å². The summed E-state index contributed by atoms with van der Waals surface area (Å²) in [4.78, 5) is 75.5. The minimum atomic E-state index is -3.22. The molecule has 0 radical (unpaired) electrons. The number of alkyl halides is 1. The van der Waals surface area contributed by atoms with E-state index in [0.717, 1.165) is 50.5 Å². The van der Waals surface area contributed by atoms with E-state index in [-0.39, 0.29) is 106 Å². The lowest BCUT2D eigenvalue weighted by atomic mass is 9.90. The normalized spacial score (nSPS) is 11.7. The van der Waals surface area contributed by atoms with Crippen LogP contribution in [0.25, 0.3) is 22.5 Å². The number of rotatable bonds is 27. The molecule has 0 aliphatic rings. The van der Waals surface area contributed by atoms with E-state index >= 15 is 0 Å². The first-order valence-electron chi connectivity index (χ1n) is 33.5. The smallest absolute Gasteiger partial charge is 0.339 e. The van der Waals surface area contributed by atoms with Crippen molar-refractivity contribution < 1.29 is 60.5 Å². The van der Waals surface area contributed by atoms with Gasteiger partial charge in [0.2, 0.25) is 17.8 Å². The van der Waals surface area contributed by atoms with Crippen molar-refractivity contribution in [3.63, 3.8) is 0 Å². The Morgan fingerprint density at radius 2 is 0.990 bits per heavy atom. The number of aromatic carboxylic acids is 1. The summed E-state index contributed by atoms with van der Waals surface area (Å²) in [5.74, 6) is -1.71. The number of benzene rings is 4. The Kier molecular flexibility index (Phi) is 41.5. The number of amides is 1. The summed E-state index contributed by atoms with van der Waals surface area (Å²) in [6.45, 7) is 20.5. The SMILES string of the molecule is CC(C)[C@@H](C#N)CC(=O)OCc1ccccc1.CC(C)[C@H](CC(=O)OCc1ccccc1)C(N)=O.CC(C)[C@H](N)C#N.Cc1cnc(Nc2cnn(CCO)c2)nc1-c1ccc(C(=O)C[C@H](C#N)C(C)C)cc1.Cc1cnc(Nc2cnn(CCO)c2)nc1-c1ccc(C(=O)O)cc1.O=P(Cl)(Cl)Cl.[2H]CF.[HH]. The number of halogens is 4. The molecule has 0 aliphatic carbocycles. The molecule has 4 atom stereocenters. The van der Waals surface area contributed by atoms with Gasteiger partial charge in [0.25, 0.3) is 0 Å². The number of anilines is 4. The monoisotopic (exact) mass is 1520 g/mol. The summed E-state index contributed by atoms with van der Waals surface area (Å²) in [5, 5.41) is 64.4. The van der Waals surface area contributed by atoms with Gasteiger partial charge in [0.05, 0.1) is 130 Å². The highest BCUT2D eigenvalue weighted by atomic mass is 36.0. The van der Waals surface area contributed by atoms with Gasteiger partial charge in [-0.2, -0.15) is 26.0 Å².